The van der Waals surface area contributed by atoms with Crippen molar-refractivity contribution in [1.82, 2.24) is 5.32 Å². The molecule has 0 aliphatic rings. The van der Waals surface area contributed by atoms with E-state index in [1.165, 1.54) is 0 Å². The van der Waals surface area contributed by atoms with Crippen molar-refractivity contribution in [1.29, 1.82) is 0 Å². The van der Waals surface area contributed by atoms with Gasteiger partial charge < -0.3 is 11.1 Å². The van der Waals surface area contributed by atoms with Crippen LogP contribution in [0.1, 0.15) is 32.4 Å². The molecule has 1 rings (SSSR count). The third-order valence-corrected chi connectivity index (χ3v) is 3.34. The maximum Gasteiger partial charge on any atom is 0.232 e. The standard InChI is InChI=1S/C13H18N2OS/c1-9(10-7-5-4-6-8-10)15-12(16)13(2,3)11(14)17/h4-9H,1-3H3,(H2,14,17)(H,15,16). The molecule has 1 aromatic carbocycles. The SMILES string of the molecule is CC(NC(=O)C(C)(C)C(N)=S)c1ccccc1. The lowest BCUT2D eigenvalue weighted by Gasteiger charge is -2.25. The predicted octanol–water partition coefficient (Wildman–Crippen LogP) is 2.18. The molecule has 3 nitrogen and oxygen atoms in total. The van der Waals surface area contributed by atoms with E-state index in [2.05, 4.69) is 5.32 Å². The van der Waals surface area contributed by atoms with Crippen molar-refractivity contribution in [2.45, 2.75) is 26.8 Å². The molecule has 1 atom stereocenters. The Kier molecular flexibility index (Phi) is 4.23. The van der Waals surface area contributed by atoms with Crippen molar-refractivity contribution in [3.8, 4) is 0 Å². The van der Waals surface area contributed by atoms with E-state index < -0.39 is 5.41 Å². The van der Waals surface area contributed by atoms with Crippen molar-refractivity contribution >= 4 is 23.1 Å². The van der Waals surface area contributed by atoms with Crippen LogP contribution in [0, 0.1) is 5.41 Å². The molecule has 0 radical (unpaired) electrons. The van der Waals surface area contributed by atoms with Gasteiger partial charge in [-0.25, -0.2) is 0 Å². The van der Waals surface area contributed by atoms with E-state index >= 15 is 0 Å². The van der Waals surface area contributed by atoms with E-state index in [1.54, 1.807) is 13.8 Å². The van der Waals surface area contributed by atoms with Gasteiger partial charge in [0.05, 0.1) is 16.4 Å². The zero-order valence-electron chi connectivity index (χ0n) is 10.4. The van der Waals surface area contributed by atoms with Crippen LogP contribution >= 0.6 is 12.2 Å². The Bertz CT molecular complexity index is 415. The quantitative estimate of drug-likeness (QED) is 0.805. The highest BCUT2D eigenvalue weighted by Gasteiger charge is 2.31. The second-order valence-corrected chi connectivity index (χ2v) is 5.03. The molecule has 0 fully saturated rings. The molecule has 4 heteroatoms. The van der Waals surface area contributed by atoms with Crippen LogP contribution in [0.15, 0.2) is 30.3 Å². The molecule has 0 heterocycles. The molecule has 0 saturated heterocycles. The number of hydrogen-bond donors (Lipinski definition) is 2. The molecular weight excluding hydrogens is 232 g/mol. The molecular formula is C13H18N2OS. The Morgan fingerprint density at radius 1 is 1.35 bits per heavy atom. The topological polar surface area (TPSA) is 55.1 Å². The third-order valence-electron chi connectivity index (χ3n) is 2.83. The minimum atomic E-state index is -0.821. The first-order chi connectivity index (χ1) is 7.85. The minimum absolute atomic E-state index is 0.0580. The molecule has 1 aromatic rings. The van der Waals surface area contributed by atoms with Gasteiger partial charge in [0, 0.05) is 0 Å². The van der Waals surface area contributed by atoms with Crippen molar-refractivity contribution in [2.75, 3.05) is 0 Å². The second-order valence-electron chi connectivity index (χ2n) is 4.60. The number of nitrogens with one attached hydrogen (secondary N) is 1. The lowest BCUT2D eigenvalue weighted by Crippen LogP contribution is -2.45. The lowest BCUT2D eigenvalue weighted by molar-refractivity contribution is -0.126. The minimum Gasteiger partial charge on any atom is -0.392 e. The molecule has 0 bridgehead atoms. The third kappa shape index (κ3) is 3.27. The van der Waals surface area contributed by atoms with Gasteiger partial charge in [0.2, 0.25) is 5.91 Å². The van der Waals surface area contributed by atoms with E-state index in [0.717, 1.165) is 5.56 Å². The van der Waals surface area contributed by atoms with Crippen LogP contribution in [0.3, 0.4) is 0 Å². The number of rotatable bonds is 4. The molecule has 3 N–H and O–H groups in total. The fraction of sp³-hybridized carbons (Fsp3) is 0.385. The largest absolute Gasteiger partial charge is 0.392 e. The van der Waals surface area contributed by atoms with Gasteiger partial charge >= 0.3 is 0 Å². The summed E-state index contributed by atoms with van der Waals surface area (Å²) in [4.78, 5) is 12.2. The fourth-order valence-corrected chi connectivity index (χ4v) is 1.41. The smallest absolute Gasteiger partial charge is 0.232 e. The Morgan fingerprint density at radius 2 is 1.88 bits per heavy atom. The number of hydrogen-bond acceptors (Lipinski definition) is 2. The van der Waals surface area contributed by atoms with Crippen LogP contribution in [0.25, 0.3) is 0 Å². The number of nitrogens with two attached hydrogens (primary N) is 1. The van der Waals surface area contributed by atoms with Crippen LogP contribution in [0.4, 0.5) is 0 Å². The summed E-state index contributed by atoms with van der Waals surface area (Å²) in [5.74, 6) is -0.152. The van der Waals surface area contributed by atoms with Crippen LogP contribution < -0.4 is 11.1 Å². The number of carbonyl (C=O) groups is 1. The van der Waals surface area contributed by atoms with Crippen molar-refractivity contribution in [2.24, 2.45) is 11.1 Å². The molecule has 1 amide bonds. The molecule has 0 aromatic heterocycles. The number of amides is 1. The second kappa shape index (κ2) is 5.27. The first-order valence-corrected chi connectivity index (χ1v) is 5.92. The monoisotopic (exact) mass is 250 g/mol. The van der Waals surface area contributed by atoms with Crippen LogP contribution in [0.2, 0.25) is 0 Å². The van der Waals surface area contributed by atoms with Gasteiger partial charge in [0.25, 0.3) is 0 Å². The lowest BCUT2D eigenvalue weighted by atomic mass is 9.91. The Morgan fingerprint density at radius 3 is 2.35 bits per heavy atom. The summed E-state index contributed by atoms with van der Waals surface area (Å²) in [6.45, 7) is 5.38. The maximum atomic E-state index is 12.0. The van der Waals surface area contributed by atoms with Gasteiger partial charge in [0.15, 0.2) is 0 Å². The van der Waals surface area contributed by atoms with Gasteiger partial charge in [-0.05, 0) is 26.3 Å². The first kappa shape index (κ1) is 13.6. The van der Waals surface area contributed by atoms with Crippen molar-refractivity contribution in [3.63, 3.8) is 0 Å². The Balaban J connectivity index is 2.74. The molecule has 0 saturated carbocycles. The highest BCUT2D eigenvalue weighted by molar-refractivity contribution is 7.80. The summed E-state index contributed by atoms with van der Waals surface area (Å²) in [6.07, 6.45) is 0. The van der Waals surface area contributed by atoms with Gasteiger partial charge in [0.1, 0.15) is 0 Å². The number of thiocarbonyl (C=S) groups is 1. The van der Waals surface area contributed by atoms with Gasteiger partial charge in [-0.3, -0.25) is 4.79 Å². The summed E-state index contributed by atoms with van der Waals surface area (Å²) in [5, 5.41) is 2.91. The normalized spacial score (nSPS) is 12.9. The molecule has 1 unspecified atom stereocenters. The van der Waals surface area contributed by atoms with Gasteiger partial charge in [-0.15, -0.1) is 0 Å². The Labute approximate surface area is 107 Å². The summed E-state index contributed by atoms with van der Waals surface area (Å²) in [5.41, 5.74) is 5.79. The van der Waals surface area contributed by atoms with Crippen LogP contribution in [-0.4, -0.2) is 10.9 Å². The van der Waals surface area contributed by atoms with Crippen molar-refractivity contribution < 1.29 is 4.79 Å². The average Bonchev–Trinajstić information content (AvgIpc) is 2.29. The van der Waals surface area contributed by atoms with E-state index in [9.17, 15) is 4.79 Å². The summed E-state index contributed by atoms with van der Waals surface area (Å²) >= 11 is 4.89. The van der Waals surface area contributed by atoms with E-state index in [0.29, 0.717) is 0 Å². The molecule has 0 aliphatic carbocycles. The van der Waals surface area contributed by atoms with Crippen molar-refractivity contribution in [3.05, 3.63) is 35.9 Å². The summed E-state index contributed by atoms with van der Waals surface area (Å²) < 4.78 is 0. The van der Waals surface area contributed by atoms with E-state index in [4.69, 9.17) is 18.0 Å². The molecule has 0 aliphatic heterocycles. The summed E-state index contributed by atoms with van der Waals surface area (Å²) in [7, 11) is 0. The Hall–Kier alpha value is -1.42. The summed E-state index contributed by atoms with van der Waals surface area (Å²) in [6, 6.07) is 9.71. The fourth-order valence-electron chi connectivity index (χ4n) is 1.31. The molecule has 17 heavy (non-hydrogen) atoms. The number of carbonyl (C=O) groups excluding carboxylic acids is 1. The highest BCUT2D eigenvalue weighted by atomic mass is 32.1. The van der Waals surface area contributed by atoms with E-state index in [1.807, 2.05) is 37.3 Å². The molecule has 92 valence electrons. The van der Waals surface area contributed by atoms with Gasteiger partial charge in [-0.2, -0.15) is 0 Å². The van der Waals surface area contributed by atoms with E-state index in [-0.39, 0.29) is 16.9 Å². The first-order valence-electron chi connectivity index (χ1n) is 5.51. The van der Waals surface area contributed by atoms with Crippen LogP contribution in [-0.2, 0) is 4.79 Å². The zero-order chi connectivity index (χ0) is 13.1. The maximum absolute atomic E-state index is 12.0. The average molecular weight is 250 g/mol. The zero-order valence-corrected chi connectivity index (χ0v) is 11.2. The molecule has 0 spiro atoms. The van der Waals surface area contributed by atoms with Crippen LogP contribution in [0.5, 0.6) is 0 Å². The van der Waals surface area contributed by atoms with Gasteiger partial charge in [-0.1, -0.05) is 42.5 Å². The highest BCUT2D eigenvalue weighted by Crippen LogP contribution is 2.19. The number of benzene rings is 1. The predicted molar refractivity (Wildman–Crippen MR) is 73.6 cm³/mol.